The summed E-state index contributed by atoms with van der Waals surface area (Å²) in [5.74, 6) is 0. The maximum atomic E-state index is 2.25. The van der Waals surface area contributed by atoms with E-state index in [0.717, 1.165) is 6.42 Å². The predicted molar refractivity (Wildman–Crippen MR) is 61.8 cm³/mol. The molecule has 0 N–H and O–H groups in total. The highest BCUT2D eigenvalue weighted by atomic mass is 14.0. The van der Waals surface area contributed by atoms with E-state index in [-0.39, 0.29) is 0 Å². The molecule has 0 spiro atoms. The number of rotatable bonds is 2. The molecule has 0 atom stereocenters. The van der Waals surface area contributed by atoms with Gasteiger partial charge in [-0.15, -0.1) is 0 Å². The maximum Gasteiger partial charge on any atom is -0.0157 e. The molecule has 0 saturated heterocycles. The smallest absolute Gasteiger partial charge is 0.0157 e. The number of hydrogen-bond donors (Lipinski definition) is 0. The van der Waals surface area contributed by atoms with Gasteiger partial charge in [-0.3, -0.25) is 0 Å². The molecular weight excluding hydrogens is 156 g/mol. The fourth-order valence-electron chi connectivity index (χ4n) is 1.21. The van der Waals surface area contributed by atoms with E-state index in [4.69, 9.17) is 0 Å². The van der Waals surface area contributed by atoms with Gasteiger partial charge in [-0.1, -0.05) is 50.3 Å². The van der Waals surface area contributed by atoms with Crippen molar-refractivity contribution in [2.24, 2.45) is 0 Å². The Balaban J connectivity index is 0.000000671. The lowest BCUT2D eigenvalue weighted by Gasteiger charge is -1.97. The highest BCUT2D eigenvalue weighted by molar-refractivity contribution is 5.48. The van der Waals surface area contributed by atoms with Crippen LogP contribution in [0.1, 0.15) is 34.1 Å². The third-order valence-electron chi connectivity index (χ3n) is 1.76. The van der Waals surface area contributed by atoms with Crippen molar-refractivity contribution in [3.8, 4) is 0 Å². The van der Waals surface area contributed by atoms with Crippen LogP contribution in [0.3, 0.4) is 0 Å². The molecule has 1 aliphatic carbocycles. The van der Waals surface area contributed by atoms with E-state index in [1.54, 1.807) is 0 Å². The summed E-state index contributed by atoms with van der Waals surface area (Å²) in [5.41, 5.74) is 2.67. The van der Waals surface area contributed by atoms with Crippen LogP contribution >= 0.6 is 0 Å². The highest BCUT2D eigenvalue weighted by Crippen LogP contribution is 2.18. The second kappa shape index (κ2) is 7.60. The first-order valence-corrected chi connectivity index (χ1v) is 5.04. The molecular formula is C13H20. The molecule has 0 aromatic rings. The third-order valence-corrected chi connectivity index (χ3v) is 1.76. The summed E-state index contributed by atoms with van der Waals surface area (Å²) in [5, 5.41) is 0. The summed E-state index contributed by atoms with van der Waals surface area (Å²) in [6, 6.07) is 0. The van der Waals surface area contributed by atoms with E-state index in [1.807, 2.05) is 20.8 Å². The first-order chi connectivity index (χ1) is 6.38. The molecule has 72 valence electrons. The van der Waals surface area contributed by atoms with Crippen LogP contribution in [0.5, 0.6) is 0 Å². The van der Waals surface area contributed by atoms with Gasteiger partial charge in [0.2, 0.25) is 0 Å². The van der Waals surface area contributed by atoms with Crippen molar-refractivity contribution in [2.75, 3.05) is 0 Å². The lowest BCUT2D eigenvalue weighted by atomic mass is 10.1. The minimum Gasteiger partial charge on any atom is -0.0871 e. The van der Waals surface area contributed by atoms with Crippen molar-refractivity contribution >= 4 is 0 Å². The Bertz CT molecular complexity index is 237. The first kappa shape index (κ1) is 12.0. The van der Waals surface area contributed by atoms with E-state index in [1.165, 1.54) is 11.1 Å². The van der Waals surface area contributed by atoms with E-state index < -0.39 is 0 Å². The minimum absolute atomic E-state index is 1.09. The van der Waals surface area contributed by atoms with Gasteiger partial charge in [0.25, 0.3) is 0 Å². The lowest BCUT2D eigenvalue weighted by molar-refractivity contribution is 1.42. The van der Waals surface area contributed by atoms with Gasteiger partial charge in [-0.05, 0) is 31.4 Å². The van der Waals surface area contributed by atoms with Gasteiger partial charge in [-0.25, -0.2) is 0 Å². The summed E-state index contributed by atoms with van der Waals surface area (Å²) in [6.07, 6.45) is 14.0. The van der Waals surface area contributed by atoms with Gasteiger partial charge in [0.05, 0.1) is 0 Å². The topological polar surface area (TPSA) is 0 Å². The molecule has 13 heavy (non-hydrogen) atoms. The second-order valence-corrected chi connectivity index (χ2v) is 2.54. The van der Waals surface area contributed by atoms with Crippen molar-refractivity contribution in [3.05, 3.63) is 47.6 Å². The zero-order valence-electron chi connectivity index (χ0n) is 9.17. The van der Waals surface area contributed by atoms with E-state index in [9.17, 15) is 0 Å². The molecule has 1 aliphatic rings. The SMILES string of the molecule is C/C=C\C(=C/C)C1=CCC=C1.CC. The Morgan fingerprint density at radius 3 is 2.38 bits per heavy atom. The molecule has 0 heterocycles. The predicted octanol–water partition coefficient (Wildman–Crippen LogP) is 4.42. The van der Waals surface area contributed by atoms with Gasteiger partial charge in [0.1, 0.15) is 0 Å². The Hall–Kier alpha value is -1.04. The molecule has 0 radical (unpaired) electrons. The summed E-state index contributed by atoms with van der Waals surface area (Å²) in [6.45, 7) is 8.12. The van der Waals surface area contributed by atoms with Gasteiger partial charge in [0, 0.05) is 0 Å². The average molecular weight is 176 g/mol. The minimum atomic E-state index is 1.09. The molecule has 0 nitrogen and oxygen atoms in total. The zero-order valence-corrected chi connectivity index (χ0v) is 9.17. The molecule has 0 amide bonds. The molecule has 0 aromatic carbocycles. The molecule has 0 heteroatoms. The molecule has 0 unspecified atom stereocenters. The lowest BCUT2D eigenvalue weighted by Crippen LogP contribution is -1.78. The van der Waals surface area contributed by atoms with Gasteiger partial charge >= 0.3 is 0 Å². The van der Waals surface area contributed by atoms with Crippen LogP contribution in [0.4, 0.5) is 0 Å². The van der Waals surface area contributed by atoms with Crippen molar-refractivity contribution in [1.29, 1.82) is 0 Å². The summed E-state index contributed by atoms with van der Waals surface area (Å²) in [7, 11) is 0. The quantitative estimate of drug-likeness (QED) is 0.546. The van der Waals surface area contributed by atoms with Gasteiger partial charge < -0.3 is 0 Å². The van der Waals surface area contributed by atoms with Crippen LogP contribution in [0, 0.1) is 0 Å². The highest BCUT2D eigenvalue weighted by Gasteiger charge is 1.99. The van der Waals surface area contributed by atoms with Crippen LogP contribution in [-0.2, 0) is 0 Å². The van der Waals surface area contributed by atoms with E-state index in [2.05, 4.69) is 43.4 Å². The molecule has 0 aromatic heterocycles. The fraction of sp³-hybridized carbons (Fsp3) is 0.385. The van der Waals surface area contributed by atoms with Crippen molar-refractivity contribution in [3.63, 3.8) is 0 Å². The first-order valence-electron chi connectivity index (χ1n) is 5.04. The van der Waals surface area contributed by atoms with Crippen LogP contribution < -0.4 is 0 Å². The Labute approximate surface area is 82.4 Å². The zero-order chi connectivity index (χ0) is 10.1. The van der Waals surface area contributed by atoms with Crippen molar-refractivity contribution in [2.45, 2.75) is 34.1 Å². The number of allylic oxidation sites excluding steroid dienone is 8. The third kappa shape index (κ3) is 3.93. The normalized spacial score (nSPS) is 15.7. The van der Waals surface area contributed by atoms with E-state index in [0.29, 0.717) is 0 Å². The standard InChI is InChI=1S/C11H14.C2H6/c1-3-7-10(4-2)11-8-5-6-9-11;1-2/h3-5,7-9H,6H2,1-2H3;1-2H3/b7-3-,10-4+;. The summed E-state index contributed by atoms with van der Waals surface area (Å²) < 4.78 is 0. The van der Waals surface area contributed by atoms with E-state index >= 15 is 0 Å². The van der Waals surface area contributed by atoms with Gasteiger partial charge in [0.15, 0.2) is 0 Å². The molecule has 1 rings (SSSR count). The second-order valence-electron chi connectivity index (χ2n) is 2.54. The van der Waals surface area contributed by atoms with Crippen LogP contribution in [-0.4, -0.2) is 0 Å². The van der Waals surface area contributed by atoms with Crippen molar-refractivity contribution in [1.82, 2.24) is 0 Å². The van der Waals surface area contributed by atoms with Crippen LogP contribution in [0.2, 0.25) is 0 Å². The fourth-order valence-corrected chi connectivity index (χ4v) is 1.21. The summed E-state index contributed by atoms with van der Waals surface area (Å²) in [4.78, 5) is 0. The Morgan fingerprint density at radius 2 is 2.00 bits per heavy atom. The Kier molecular flexibility index (Phi) is 6.99. The number of hydrogen-bond acceptors (Lipinski definition) is 0. The summed E-state index contributed by atoms with van der Waals surface area (Å²) >= 11 is 0. The Morgan fingerprint density at radius 1 is 1.31 bits per heavy atom. The molecule has 0 saturated carbocycles. The largest absolute Gasteiger partial charge is 0.0871 e. The average Bonchev–Trinajstić information content (AvgIpc) is 2.70. The van der Waals surface area contributed by atoms with Crippen molar-refractivity contribution < 1.29 is 0 Å². The molecule has 0 fully saturated rings. The monoisotopic (exact) mass is 176 g/mol. The molecule has 0 bridgehead atoms. The van der Waals surface area contributed by atoms with Crippen LogP contribution in [0.15, 0.2) is 47.6 Å². The van der Waals surface area contributed by atoms with Gasteiger partial charge in [-0.2, -0.15) is 0 Å². The maximum absolute atomic E-state index is 2.25. The molecule has 0 aliphatic heterocycles. The van der Waals surface area contributed by atoms with Crippen LogP contribution in [0.25, 0.3) is 0 Å².